The van der Waals surface area contributed by atoms with E-state index >= 15 is 0 Å². The van der Waals surface area contributed by atoms with Gasteiger partial charge in [-0.05, 0) is 53.9 Å². The van der Waals surface area contributed by atoms with E-state index in [0.717, 1.165) is 24.4 Å². The topological polar surface area (TPSA) is 36.5 Å². The maximum atomic E-state index is 13.5. The van der Waals surface area contributed by atoms with E-state index in [4.69, 9.17) is 4.74 Å². The maximum Gasteiger partial charge on any atom is 0.123 e. The Balaban J connectivity index is 1.52. The van der Waals surface area contributed by atoms with Gasteiger partial charge in [0.15, 0.2) is 0 Å². The minimum atomic E-state index is -0.207. The van der Waals surface area contributed by atoms with Gasteiger partial charge in [-0.3, -0.25) is 0 Å². The van der Waals surface area contributed by atoms with Crippen LogP contribution in [0.3, 0.4) is 0 Å². The van der Waals surface area contributed by atoms with Crippen LogP contribution in [0.15, 0.2) is 66.7 Å². The predicted octanol–water partition coefficient (Wildman–Crippen LogP) is 4.67. The van der Waals surface area contributed by atoms with Crippen molar-refractivity contribution in [1.29, 1.82) is 0 Å². The molecule has 2 aliphatic rings. The number of ether oxygens (including phenoxy) is 1. The highest BCUT2D eigenvalue weighted by atomic mass is 19.1. The van der Waals surface area contributed by atoms with Crippen molar-refractivity contribution in [2.75, 3.05) is 18.6 Å². The van der Waals surface area contributed by atoms with Crippen molar-refractivity contribution in [2.45, 2.75) is 25.6 Å². The summed E-state index contributed by atoms with van der Waals surface area (Å²) < 4.78 is 19.0. The Morgan fingerprint density at radius 2 is 1.80 bits per heavy atom. The van der Waals surface area contributed by atoms with E-state index in [-0.39, 0.29) is 17.9 Å². The molecule has 5 heteroatoms. The lowest BCUT2D eigenvalue weighted by Crippen LogP contribution is -2.39. The van der Waals surface area contributed by atoms with Crippen molar-refractivity contribution in [1.82, 2.24) is 10.9 Å². The largest absolute Gasteiger partial charge is 0.497 e. The molecule has 3 atom stereocenters. The molecule has 5 rings (SSSR count). The Morgan fingerprint density at radius 1 is 1.00 bits per heavy atom. The highest BCUT2D eigenvalue weighted by Crippen LogP contribution is 2.46. The quantitative estimate of drug-likeness (QED) is 0.664. The normalized spacial score (nSPS) is 22.5. The van der Waals surface area contributed by atoms with Crippen LogP contribution in [0, 0.1) is 18.7 Å². The predicted molar refractivity (Wildman–Crippen MR) is 117 cm³/mol. The molecule has 2 aliphatic heterocycles. The highest BCUT2D eigenvalue weighted by Gasteiger charge is 2.43. The van der Waals surface area contributed by atoms with Crippen molar-refractivity contribution in [3.63, 3.8) is 0 Å². The Kier molecular flexibility index (Phi) is 4.93. The molecule has 30 heavy (non-hydrogen) atoms. The number of methoxy groups -OCH3 is 1. The van der Waals surface area contributed by atoms with E-state index in [2.05, 4.69) is 59.1 Å². The first-order valence-corrected chi connectivity index (χ1v) is 10.4. The first-order valence-electron chi connectivity index (χ1n) is 10.4. The monoisotopic (exact) mass is 403 g/mol. The van der Waals surface area contributed by atoms with E-state index in [1.54, 1.807) is 7.11 Å². The van der Waals surface area contributed by atoms with Crippen molar-refractivity contribution in [2.24, 2.45) is 5.92 Å². The molecule has 1 fully saturated rings. The van der Waals surface area contributed by atoms with Crippen LogP contribution < -0.4 is 20.5 Å². The standard InChI is InChI=1S/C25H26FN3O/c1-16-4-3-5-17(12-16)14-29-15-22-24(18-6-8-19(26)9-7-18)27-28-25(22)21-13-20(30-2)10-11-23(21)29/h3-13,22,24-25,27-28H,14-15H2,1-2H3. The summed E-state index contributed by atoms with van der Waals surface area (Å²) in [6, 6.07) is 22.1. The minimum Gasteiger partial charge on any atom is -0.497 e. The molecule has 0 aromatic heterocycles. The van der Waals surface area contributed by atoms with Crippen molar-refractivity contribution >= 4 is 5.69 Å². The fourth-order valence-corrected chi connectivity index (χ4v) is 4.84. The molecule has 0 saturated carbocycles. The van der Waals surface area contributed by atoms with Gasteiger partial charge in [0, 0.05) is 24.7 Å². The van der Waals surface area contributed by atoms with Crippen LogP contribution in [0.1, 0.15) is 34.3 Å². The molecule has 3 aromatic rings. The Hall–Kier alpha value is -2.89. The SMILES string of the molecule is COc1ccc2c(c1)C1NNC(c3ccc(F)cc3)C1CN2Cc1cccc(C)c1. The van der Waals surface area contributed by atoms with Crippen LogP contribution in [0.5, 0.6) is 5.75 Å². The van der Waals surface area contributed by atoms with Crippen LogP contribution >= 0.6 is 0 Å². The number of fused-ring (bicyclic) bond motifs is 3. The minimum absolute atomic E-state index is 0.106. The summed E-state index contributed by atoms with van der Waals surface area (Å²) in [5.41, 5.74) is 13.1. The molecular weight excluding hydrogens is 377 g/mol. The molecule has 154 valence electrons. The highest BCUT2D eigenvalue weighted by molar-refractivity contribution is 5.61. The zero-order chi connectivity index (χ0) is 20.7. The van der Waals surface area contributed by atoms with Gasteiger partial charge in [-0.2, -0.15) is 0 Å². The second-order valence-electron chi connectivity index (χ2n) is 8.25. The smallest absolute Gasteiger partial charge is 0.123 e. The van der Waals surface area contributed by atoms with E-state index in [1.165, 1.54) is 34.5 Å². The Bertz CT molecular complexity index is 1050. The molecular formula is C25H26FN3O. The summed E-state index contributed by atoms with van der Waals surface area (Å²) in [5.74, 6) is 0.956. The number of nitrogens with zero attached hydrogens (tertiary/aromatic N) is 1. The van der Waals surface area contributed by atoms with Gasteiger partial charge in [-0.15, -0.1) is 0 Å². The summed E-state index contributed by atoms with van der Waals surface area (Å²) in [6.07, 6.45) is 0. The maximum absolute atomic E-state index is 13.5. The van der Waals surface area contributed by atoms with Crippen LogP contribution in [-0.2, 0) is 6.54 Å². The van der Waals surface area contributed by atoms with Crippen LogP contribution in [0.2, 0.25) is 0 Å². The van der Waals surface area contributed by atoms with Gasteiger partial charge in [0.25, 0.3) is 0 Å². The van der Waals surface area contributed by atoms with Gasteiger partial charge in [0.1, 0.15) is 11.6 Å². The number of nitrogens with one attached hydrogen (secondary N) is 2. The zero-order valence-electron chi connectivity index (χ0n) is 17.2. The summed E-state index contributed by atoms with van der Waals surface area (Å²) in [6.45, 7) is 3.88. The van der Waals surface area contributed by atoms with Crippen LogP contribution in [0.25, 0.3) is 0 Å². The van der Waals surface area contributed by atoms with Crippen molar-refractivity contribution in [3.05, 3.63) is 94.8 Å². The first-order chi connectivity index (χ1) is 14.6. The number of hydrazine groups is 1. The van der Waals surface area contributed by atoms with Crippen LogP contribution in [0.4, 0.5) is 10.1 Å². The second kappa shape index (κ2) is 7.74. The summed E-state index contributed by atoms with van der Waals surface area (Å²) in [5, 5.41) is 0. The molecule has 0 spiro atoms. The van der Waals surface area contributed by atoms with Crippen LogP contribution in [-0.4, -0.2) is 13.7 Å². The summed E-state index contributed by atoms with van der Waals surface area (Å²) in [4.78, 5) is 2.45. The Labute approximate surface area is 176 Å². The molecule has 4 nitrogen and oxygen atoms in total. The van der Waals surface area contributed by atoms with E-state index < -0.39 is 0 Å². The molecule has 3 aromatic carbocycles. The fraction of sp³-hybridized carbons (Fsp3) is 0.280. The summed E-state index contributed by atoms with van der Waals surface area (Å²) in [7, 11) is 1.70. The third-order valence-corrected chi connectivity index (χ3v) is 6.28. The second-order valence-corrected chi connectivity index (χ2v) is 8.25. The number of halogens is 1. The molecule has 1 saturated heterocycles. The Morgan fingerprint density at radius 3 is 2.57 bits per heavy atom. The lowest BCUT2D eigenvalue weighted by atomic mass is 9.82. The van der Waals surface area contributed by atoms with E-state index in [0.29, 0.717) is 5.92 Å². The molecule has 0 radical (unpaired) electrons. The average Bonchev–Trinajstić information content (AvgIpc) is 3.18. The number of hydrogen-bond donors (Lipinski definition) is 2. The van der Waals surface area contributed by atoms with Crippen molar-refractivity contribution in [3.8, 4) is 5.75 Å². The van der Waals surface area contributed by atoms with E-state index in [9.17, 15) is 4.39 Å². The van der Waals surface area contributed by atoms with Gasteiger partial charge in [-0.25, -0.2) is 15.2 Å². The fourth-order valence-electron chi connectivity index (χ4n) is 4.84. The number of hydrogen-bond acceptors (Lipinski definition) is 4. The summed E-state index contributed by atoms with van der Waals surface area (Å²) >= 11 is 0. The average molecular weight is 404 g/mol. The molecule has 0 aliphatic carbocycles. The lowest BCUT2D eigenvalue weighted by Gasteiger charge is -2.39. The molecule has 2 heterocycles. The van der Waals surface area contributed by atoms with Gasteiger partial charge < -0.3 is 9.64 Å². The third kappa shape index (κ3) is 3.44. The first kappa shape index (κ1) is 19.1. The van der Waals surface area contributed by atoms with Gasteiger partial charge >= 0.3 is 0 Å². The number of benzene rings is 3. The lowest BCUT2D eigenvalue weighted by molar-refractivity contribution is 0.393. The van der Waals surface area contributed by atoms with Gasteiger partial charge in [-0.1, -0.05) is 42.0 Å². The zero-order valence-corrected chi connectivity index (χ0v) is 17.2. The van der Waals surface area contributed by atoms with Gasteiger partial charge in [0.2, 0.25) is 0 Å². The van der Waals surface area contributed by atoms with Crippen molar-refractivity contribution < 1.29 is 9.13 Å². The van der Waals surface area contributed by atoms with Gasteiger partial charge in [0.05, 0.1) is 19.2 Å². The molecule has 0 amide bonds. The molecule has 0 bridgehead atoms. The number of aryl methyl sites for hydroxylation is 1. The number of anilines is 1. The number of rotatable bonds is 4. The molecule has 3 unspecified atom stereocenters. The third-order valence-electron chi connectivity index (χ3n) is 6.28. The molecule has 2 N–H and O–H groups in total. The van der Waals surface area contributed by atoms with E-state index in [1.807, 2.05) is 18.2 Å².